The van der Waals surface area contributed by atoms with Gasteiger partial charge in [0.2, 0.25) is 0 Å². The first-order chi connectivity index (χ1) is 6.57. The Morgan fingerprint density at radius 2 is 1.93 bits per heavy atom. The number of hydrogen-bond donors (Lipinski definition) is 3. The fourth-order valence-corrected chi connectivity index (χ4v) is 0.777. The van der Waals surface area contributed by atoms with Crippen LogP contribution in [0, 0.1) is 0 Å². The minimum Gasteiger partial charge on any atom is -0.478 e. The smallest absolute Gasteiger partial charge is 0.328 e. The fraction of sp³-hybridized carbons (Fsp3) is 0.500. The third-order valence-corrected chi connectivity index (χ3v) is 1.49. The van der Waals surface area contributed by atoms with Crippen molar-refractivity contribution < 1.29 is 25.6 Å². The molecule has 0 spiro atoms. The molecule has 0 heterocycles. The predicted molar refractivity (Wildman–Crippen MR) is 47.3 cm³/mol. The number of quaternary nitrogens is 1. The Balaban J connectivity index is 3.81. The molecule has 5 N–H and O–H groups in total. The van der Waals surface area contributed by atoms with Gasteiger partial charge < -0.3 is 10.8 Å². The lowest BCUT2D eigenvalue weighted by Gasteiger charge is -2.11. The molecule has 0 radical (unpaired) electrons. The van der Waals surface area contributed by atoms with Crippen LogP contribution in [0.15, 0.2) is 12.2 Å². The van der Waals surface area contributed by atoms with Crippen LogP contribution < -0.4 is 5.73 Å². The molecule has 0 saturated heterocycles. The Bertz CT molecular complexity index is 227. The maximum absolute atomic E-state index is 11.0. The van der Waals surface area contributed by atoms with Gasteiger partial charge in [-0.3, -0.25) is 10.0 Å². The third kappa shape index (κ3) is 6.15. The average molecular weight is 203 g/mol. The highest BCUT2D eigenvalue weighted by atomic mass is 16.5. The molecule has 0 fully saturated rings. The Kier molecular flexibility index (Phi) is 6.34. The Morgan fingerprint density at radius 1 is 1.29 bits per heavy atom. The van der Waals surface area contributed by atoms with Crippen molar-refractivity contribution in [3.05, 3.63) is 12.2 Å². The number of nitrogens with zero attached hydrogens (tertiary/aromatic N) is 1. The van der Waals surface area contributed by atoms with Crippen molar-refractivity contribution in [1.29, 1.82) is 0 Å². The maximum Gasteiger partial charge on any atom is 0.328 e. The third-order valence-electron chi connectivity index (χ3n) is 1.49. The lowest BCUT2D eigenvalue weighted by molar-refractivity contribution is -0.368. The molecule has 80 valence electrons. The summed E-state index contributed by atoms with van der Waals surface area (Å²) >= 11 is 0. The first-order valence-corrected chi connectivity index (χ1v) is 4.28. The second kappa shape index (κ2) is 7.05. The lowest BCUT2D eigenvalue weighted by Crippen LogP contribution is -2.50. The zero-order valence-corrected chi connectivity index (χ0v) is 7.85. The van der Waals surface area contributed by atoms with Crippen LogP contribution in [0.2, 0.25) is 0 Å². The summed E-state index contributed by atoms with van der Waals surface area (Å²) in [6, 6.07) is 0. The Hall–Kier alpha value is -1.40. The van der Waals surface area contributed by atoms with E-state index in [4.69, 9.17) is 10.3 Å². The van der Waals surface area contributed by atoms with E-state index in [1.54, 1.807) is 0 Å². The molecule has 0 rings (SSSR count). The number of aliphatic carboxylic acids is 1. The van der Waals surface area contributed by atoms with Crippen LogP contribution in [0.3, 0.4) is 0 Å². The van der Waals surface area contributed by atoms with Crippen LogP contribution in [0.25, 0.3) is 0 Å². The van der Waals surface area contributed by atoms with Gasteiger partial charge in [-0.1, -0.05) is 0 Å². The standard InChI is InChI=1S/C8H14N2O4/c9-5-1-2-6-10(14)7(11)3-4-8(12)13/h3-4,14H,1-2,5-6,9H2,(H,12,13)/p+1/b4-3+. The lowest BCUT2D eigenvalue weighted by atomic mass is 10.3. The molecule has 0 aromatic carbocycles. The van der Waals surface area contributed by atoms with Crippen LogP contribution in [-0.2, 0) is 9.59 Å². The van der Waals surface area contributed by atoms with Gasteiger partial charge in [-0.2, -0.15) is 0 Å². The van der Waals surface area contributed by atoms with Crippen molar-refractivity contribution in [2.75, 3.05) is 13.1 Å². The van der Waals surface area contributed by atoms with Crippen molar-refractivity contribution >= 4 is 11.9 Å². The van der Waals surface area contributed by atoms with Crippen molar-refractivity contribution in [3.63, 3.8) is 0 Å². The van der Waals surface area contributed by atoms with Gasteiger partial charge in [-0.25, -0.2) is 9.86 Å². The second-order valence-corrected chi connectivity index (χ2v) is 2.69. The van der Waals surface area contributed by atoms with Crippen LogP contribution >= 0.6 is 0 Å². The molecule has 0 atom stereocenters. The number of hydroxylamine groups is 2. The van der Waals surface area contributed by atoms with Gasteiger partial charge in [0.05, 0.1) is 6.54 Å². The minimum absolute atomic E-state index is 0.193. The Morgan fingerprint density at radius 3 is 2.43 bits per heavy atom. The summed E-state index contributed by atoms with van der Waals surface area (Å²) in [7, 11) is 0. The number of rotatable bonds is 6. The van der Waals surface area contributed by atoms with Crippen LogP contribution in [-0.4, -0.2) is 40.3 Å². The van der Waals surface area contributed by atoms with E-state index in [9.17, 15) is 9.59 Å². The van der Waals surface area contributed by atoms with Crippen LogP contribution in [0.5, 0.6) is 0 Å². The monoisotopic (exact) mass is 203 g/mol. The molecule has 6 nitrogen and oxygen atoms in total. The SMILES string of the molecule is [NH3+]CCCCN(O)C(=O)/C=C/C(=O)O. The molecule has 6 heteroatoms. The molecule has 0 aromatic heterocycles. The van der Waals surface area contributed by atoms with E-state index in [-0.39, 0.29) is 6.54 Å². The molecular weight excluding hydrogens is 188 g/mol. The summed E-state index contributed by atoms with van der Waals surface area (Å²) in [5, 5.41) is 17.8. The normalized spacial score (nSPS) is 10.4. The summed E-state index contributed by atoms with van der Waals surface area (Å²) in [6.45, 7) is 0.936. The largest absolute Gasteiger partial charge is 0.478 e. The molecule has 1 amide bonds. The molecule has 0 aliphatic heterocycles. The Labute approximate surface area is 81.6 Å². The molecular formula is C8H15N2O4+. The molecule has 0 aromatic rings. The fourth-order valence-electron chi connectivity index (χ4n) is 0.777. The van der Waals surface area contributed by atoms with E-state index in [2.05, 4.69) is 5.73 Å². The second-order valence-electron chi connectivity index (χ2n) is 2.69. The summed E-state index contributed by atoms with van der Waals surface area (Å²) in [5.74, 6) is -1.94. The summed E-state index contributed by atoms with van der Waals surface area (Å²) < 4.78 is 0. The topological polar surface area (TPSA) is 105 Å². The van der Waals surface area contributed by atoms with Gasteiger partial charge in [0, 0.05) is 18.7 Å². The first kappa shape index (κ1) is 12.6. The van der Waals surface area contributed by atoms with E-state index in [0.717, 1.165) is 19.0 Å². The quantitative estimate of drug-likeness (QED) is 0.220. The number of unbranched alkanes of at least 4 members (excludes halogenated alkanes) is 1. The molecule has 0 bridgehead atoms. The van der Waals surface area contributed by atoms with Gasteiger partial charge in [0.25, 0.3) is 5.91 Å². The van der Waals surface area contributed by atoms with E-state index in [1.165, 1.54) is 0 Å². The zero-order chi connectivity index (χ0) is 11.0. The number of amides is 1. The minimum atomic E-state index is -1.22. The molecule has 14 heavy (non-hydrogen) atoms. The van der Waals surface area contributed by atoms with Crippen molar-refractivity contribution in [2.45, 2.75) is 12.8 Å². The number of hydrogen-bond acceptors (Lipinski definition) is 3. The van der Waals surface area contributed by atoms with Crippen LogP contribution in [0.1, 0.15) is 12.8 Å². The zero-order valence-electron chi connectivity index (χ0n) is 7.85. The average Bonchev–Trinajstić information content (AvgIpc) is 2.14. The summed E-state index contributed by atoms with van der Waals surface area (Å²) in [4.78, 5) is 21.0. The number of carbonyl (C=O) groups is 2. The summed E-state index contributed by atoms with van der Waals surface area (Å²) in [5.41, 5.74) is 3.61. The van der Waals surface area contributed by atoms with Crippen LogP contribution in [0.4, 0.5) is 0 Å². The van der Waals surface area contributed by atoms with E-state index >= 15 is 0 Å². The van der Waals surface area contributed by atoms with Gasteiger partial charge in [0.15, 0.2) is 0 Å². The highest BCUT2D eigenvalue weighted by Crippen LogP contribution is 1.92. The highest BCUT2D eigenvalue weighted by molar-refractivity contribution is 5.93. The molecule has 0 unspecified atom stereocenters. The van der Waals surface area contributed by atoms with Crippen molar-refractivity contribution in [3.8, 4) is 0 Å². The number of carboxylic acid groups (broad SMARTS) is 1. The first-order valence-electron chi connectivity index (χ1n) is 4.28. The predicted octanol–water partition coefficient (Wildman–Crippen LogP) is -1.13. The van der Waals surface area contributed by atoms with E-state index in [0.29, 0.717) is 17.6 Å². The van der Waals surface area contributed by atoms with Crippen molar-refractivity contribution in [2.24, 2.45) is 0 Å². The van der Waals surface area contributed by atoms with E-state index < -0.39 is 11.9 Å². The molecule has 0 saturated carbocycles. The number of carbonyl (C=O) groups excluding carboxylic acids is 1. The van der Waals surface area contributed by atoms with Gasteiger partial charge in [-0.05, 0) is 12.8 Å². The van der Waals surface area contributed by atoms with Gasteiger partial charge in [0.1, 0.15) is 0 Å². The van der Waals surface area contributed by atoms with E-state index in [1.807, 2.05) is 0 Å². The van der Waals surface area contributed by atoms with Gasteiger partial charge in [-0.15, -0.1) is 0 Å². The molecule has 0 aliphatic rings. The summed E-state index contributed by atoms with van der Waals surface area (Å²) in [6.07, 6.45) is 2.96. The molecule has 0 aliphatic carbocycles. The highest BCUT2D eigenvalue weighted by Gasteiger charge is 2.06. The van der Waals surface area contributed by atoms with Crippen molar-refractivity contribution in [1.82, 2.24) is 5.06 Å². The number of carboxylic acids is 1. The van der Waals surface area contributed by atoms with Gasteiger partial charge >= 0.3 is 5.97 Å². The maximum atomic E-state index is 11.0.